The number of phosphoric acid groups is 1. The van der Waals surface area contributed by atoms with E-state index < -0.39 is 20.0 Å². The predicted octanol–water partition coefficient (Wildman–Crippen LogP) is 25.2. The third-order valence-corrected chi connectivity index (χ3v) is 19.1. The van der Waals surface area contributed by atoms with Crippen LogP contribution in [0.15, 0.2) is 24.3 Å². The summed E-state index contributed by atoms with van der Waals surface area (Å²) < 4.78 is 30.9. The highest BCUT2D eigenvalue weighted by Crippen LogP contribution is 2.43. The summed E-state index contributed by atoms with van der Waals surface area (Å²) >= 11 is 0. The molecule has 2 N–H and O–H groups in total. The van der Waals surface area contributed by atoms with Crippen molar-refractivity contribution in [1.29, 1.82) is 0 Å². The van der Waals surface area contributed by atoms with E-state index in [1.807, 2.05) is 27.2 Å². The third-order valence-electron chi connectivity index (χ3n) is 18.1. The van der Waals surface area contributed by atoms with Crippen LogP contribution in [0.1, 0.15) is 412 Å². The number of ether oxygens (including phenoxy) is 1. The van der Waals surface area contributed by atoms with Crippen LogP contribution < -0.4 is 5.32 Å². The van der Waals surface area contributed by atoms with Crippen LogP contribution >= 0.6 is 7.82 Å². The highest BCUT2D eigenvalue weighted by Gasteiger charge is 2.30. The zero-order valence-electron chi connectivity index (χ0n) is 60.0. The van der Waals surface area contributed by atoms with Crippen LogP contribution in [0.2, 0.25) is 0 Å². The van der Waals surface area contributed by atoms with E-state index in [9.17, 15) is 19.0 Å². The number of allylic oxidation sites excluding steroid dienone is 3. The molecule has 10 heteroatoms. The fourth-order valence-corrected chi connectivity index (χ4v) is 12.9. The van der Waals surface area contributed by atoms with Crippen LogP contribution in [0.3, 0.4) is 0 Å². The monoisotopic (exact) mass is 1260 g/mol. The van der Waals surface area contributed by atoms with Crippen molar-refractivity contribution in [2.75, 3.05) is 40.9 Å². The standard InChI is InChI=1S/C78H153N2O7P/c1-7-10-13-16-19-22-25-28-30-32-34-36-38-40-42-44-46-48-50-52-55-58-61-64-67-70-77(81)79-75(74-86-88(83,84)85-73-72-80(4,5)6)76(69-66-63-60-57-54-27-24-21-18-15-12-9-3)87-78(82)71-68-65-62-59-56-53-51-49-47-45-43-41-39-37-35-33-31-29-26-23-20-17-14-11-8-2/h28,30,66,69,75-76H,7-27,29,31-65,67-68,70-74H2,1-6H3,(H-,79,81,83,84)/p+1/b30-28+,69-66+. The average Bonchev–Trinajstić information content (AvgIpc) is 3.71. The highest BCUT2D eigenvalue weighted by atomic mass is 31.2. The Hall–Kier alpha value is -1.51. The summed E-state index contributed by atoms with van der Waals surface area (Å²) in [5.41, 5.74) is 0. The lowest BCUT2D eigenvalue weighted by molar-refractivity contribution is -0.870. The molecule has 88 heavy (non-hydrogen) atoms. The van der Waals surface area contributed by atoms with E-state index in [0.717, 1.165) is 57.8 Å². The van der Waals surface area contributed by atoms with Gasteiger partial charge in [0.2, 0.25) is 5.91 Å². The second-order valence-electron chi connectivity index (χ2n) is 28.2. The predicted molar refractivity (Wildman–Crippen MR) is 383 cm³/mol. The number of amides is 1. The summed E-state index contributed by atoms with van der Waals surface area (Å²) in [5.74, 6) is -0.477. The molecule has 9 nitrogen and oxygen atoms in total. The molecule has 0 fully saturated rings. The van der Waals surface area contributed by atoms with Crippen molar-refractivity contribution < 1.29 is 37.3 Å². The second kappa shape index (κ2) is 68.4. The average molecular weight is 1260 g/mol. The molecule has 0 spiro atoms. The molecular formula is C78H154N2O7P+. The lowest BCUT2D eigenvalue weighted by atomic mass is 10.0. The number of unbranched alkanes of at least 4 members (excludes halogenated alkanes) is 55. The summed E-state index contributed by atoms with van der Waals surface area (Å²) in [7, 11) is 1.52. The van der Waals surface area contributed by atoms with Gasteiger partial charge in [0.25, 0.3) is 0 Å². The zero-order valence-corrected chi connectivity index (χ0v) is 60.9. The van der Waals surface area contributed by atoms with Gasteiger partial charge in [-0.1, -0.05) is 366 Å². The number of esters is 1. The van der Waals surface area contributed by atoms with Crippen LogP contribution in [0.4, 0.5) is 0 Å². The Kier molecular flexibility index (Phi) is 67.2. The van der Waals surface area contributed by atoms with E-state index in [-0.39, 0.29) is 25.1 Å². The van der Waals surface area contributed by atoms with Crippen molar-refractivity contribution in [3.8, 4) is 0 Å². The van der Waals surface area contributed by atoms with Crippen LogP contribution in [0.5, 0.6) is 0 Å². The molecule has 0 radical (unpaired) electrons. The van der Waals surface area contributed by atoms with E-state index in [1.165, 1.54) is 321 Å². The lowest BCUT2D eigenvalue weighted by Crippen LogP contribution is -2.47. The smallest absolute Gasteiger partial charge is 0.456 e. The fourth-order valence-electron chi connectivity index (χ4n) is 12.1. The van der Waals surface area contributed by atoms with Gasteiger partial charge in [-0.3, -0.25) is 18.6 Å². The molecule has 0 aromatic rings. The van der Waals surface area contributed by atoms with Crippen molar-refractivity contribution in [3.05, 3.63) is 24.3 Å². The van der Waals surface area contributed by atoms with E-state index in [2.05, 4.69) is 44.3 Å². The lowest BCUT2D eigenvalue weighted by Gasteiger charge is -2.27. The molecule has 0 aromatic heterocycles. The summed E-state index contributed by atoms with van der Waals surface area (Å²) in [4.78, 5) is 38.0. The van der Waals surface area contributed by atoms with Crippen molar-refractivity contribution >= 4 is 19.7 Å². The van der Waals surface area contributed by atoms with Crippen molar-refractivity contribution in [3.63, 3.8) is 0 Å². The molecule has 0 bridgehead atoms. The number of likely N-dealkylation sites (N-methyl/N-ethyl adjacent to an activating group) is 1. The topological polar surface area (TPSA) is 111 Å². The van der Waals surface area contributed by atoms with Gasteiger partial charge in [0.15, 0.2) is 0 Å². The first-order valence-electron chi connectivity index (χ1n) is 39.2. The molecule has 0 saturated carbocycles. The van der Waals surface area contributed by atoms with Gasteiger partial charge in [0.05, 0.1) is 33.8 Å². The van der Waals surface area contributed by atoms with Gasteiger partial charge in [-0.05, 0) is 57.4 Å². The molecule has 0 aliphatic heterocycles. The van der Waals surface area contributed by atoms with Crippen LogP contribution in [-0.2, 0) is 27.9 Å². The summed E-state index contributed by atoms with van der Waals surface area (Å²) in [6, 6.07) is -0.844. The van der Waals surface area contributed by atoms with E-state index in [4.69, 9.17) is 13.8 Å². The van der Waals surface area contributed by atoms with Gasteiger partial charge in [0, 0.05) is 12.8 Å². The molecule has 0 aliphatic rings. The SMILES string of the molecule is CCCCCCCC/C=C/CCCCCCCCCCCCCCCCCC(=O)NC(COP(=O)(O)OCC[N+](C)(C)C)C(/C=C/CCCCCCCCCCCC)OC(=O)CCCCCCCCCCCCCCCCCCCCCCCCCCC. The van der Waals surface area contributed by atoms with E-state index in [0.29, 0.717) is 23.9 Å². The molecule has 0 aromatic carbocycles. The molecule has 3 unspecified atom stereocenters. The number of hydrogen-bond donors (Lipinski definition) is 2. The van der Waals surface area contributed by atoms with Crippen LogP contribution in [-0.4, -0.2) is 74.3 Å². The Bertz CT molecular complexity index is 1550. The minimum absolute atomic E-state index is 0.0449. The van der Waals surface area contributed by atoms with Gasteiger partial charge in [-0.15, -0.1) is 0 Å². The second-order valence-corrected chi connectivity index (χ2v) is 29.7. The molecule has 522 valence electrons. The molecule has 0 aliphatic carbocycles. The number of hydrogen-bond acceptors (Lipinski definition) is 6. The van der Waals surface area contributed by atoms with Gasteiger partial charge >= 0.3 is 13.8 Å². The van der Waals surface area contributed by atoms with Gasteiger partial charge in [-0.25, -0.2) is 4.57 Å². The first kappa shape index (κ1) is 86.5. The van der Waals surface area contributed by atoms with Crippen LogP contribution in [0, 0.1) is 0 Å². The van der Waals surface area contributed by atoms with E-state index >= 15 is 0 Å². The highest BCUT2D eigenvalue weighted by molar-refractivity contribution is 7.47. The number of nitrogens with zero attached hydrogens (tertiary/aromatic N) is 1. The Morgan fingerprint density at radius 3 is 0.966 bits per heavy atom. The summed E-state index contributed by atoms with van der Waals surface area (Å²) in [6.45, 7) is 7.09. The minimum Gasteiger partial charge on any atom is -0.456 e. The first-order chi connectivity index (χ1) is 42.9. The molecule has 3 atom stereocenters. The maximum Gasteiger partial charge on any atom is 0.472 e. The number of rotatable bonds is 73. The maximum absolute atomic E-state index is 13.7. The van der Waals surface area contributed by atoms with Gasteiger partial charge in [0.1, 0.15) is 19.3 Å². The molecule has 1 amide bonds. The summed E-state index contributed by atoms with van der Waals surface area (Å²) in [5, 5.41) is 3.09. The maximum atomic E-state index is 13.7. The quantitative estimate of drug-likeness (QED) is 0.0205. The molecular weight excluding hydrogens is 1110 g/mol. The van der Waals surface area contributed by atoms with Gasteiger partial charge < -0.3 is 19.4 Å². The third kappa shape index (κ3) is 68.8. The fraction of sp³-hybridized carbons (Fsp3) is 0.923. The number of carbonyl (C=O) groups is 2. The minimum atomic E-state index is -4.45. The number of quaternary nitrogens is 1. The van der Waals surface area contributed by atoms with Crippen LogP contribution in [0.25, 0.3) is 0 Å². The normalized spacial score (nSPS) is 13.5. The number of carbonyl (C=O) groups excluding carboxylic acids is 2. The van der Waals surface area contributed by atoms with Crippen molar-refractivity contribution in [2.24, 2.45) is 0 Å². The zero-order chi connectivity index (χ0) is 64.2. The van der Waals surface area contributed by atoms with Gasteiger partial charge in [-0.2, -0.15) is 0 Å². The number of nitrogens with one attached hydrogen (secondary N) is 1. The first-order valence-corrected chi connectivity index (χ1v) is 40.7. The number of phosphoric ester groups is 1. The Balaban J connectivity index is 4.91. The summed E-state index contributed by atoms with van der Waals surface area (Å²) in [6.07, 6.45) is 85.0. The molecule has 0 heterocycles. The van der Waals surface area contributed by atoms with Crippen molar-refractivity contribution in [2.45, 2.75) is 425 Å². The Morgan fingerprint density at radius 1 is 0.386 bits per heavy atom. The Labute approximate surface area is 549 Å². The largest absolute Gasteiger partial charge is 0.472 e. The Morgan fingerprint density at radius 2 is 0.659 bits per heavy atom. The van der Waals surface area contributed by atoms with E-state index in [1.54, 1.807) is 0 Å². The molecule has 0 saturated heterocycles. The molecule has 0 rings (SSSR count). The van der Waals surface area contributed by atoms with Crippen molar-refractivity contribution in [1.82, 2.24) is 5.32 Å².